The molecule has 0 bridgehead atoms. The molecule has 7 heteroatoms. The maximum Gasteiger partial charge on any atom is 0.286 e. The predicted molar refractivity (Wildman–Crippen MR) is 69.6 cm³/mol. The fraction of sp³-hybridized carbons (Fsp3) is 0.273. The fourth-order valence-electron chi connectivity index (χ4n) is 1.48. The maximum atomic E-state index is 11.5. The molecule has 18 heavy (non-hydrogen) atoms. The van der Waals surface area contributed by atoms with E-state index in [9.17, 15) is 4.79 Å². The van der Waals surface area contributed by atoms with Crippen molar-refractivity contribution in [1.29, 1.82) is 0 Å². The highest BCUT2D eigenvalue weighted by Crippen LogP contribution is 2.02. The third kappa shape index (κ3) is 3.81. The minimum Gasteiger partial charge on any atom is -0.459 e. The lowest BCUT2D eigenvalue weighted by molar-refractivity contribution is 0.0925. The lowest BCUT2D eigenvalue weighted by atomic mass is 10.2. The van der Waals surface area contributed by atoms with Crippen LogP contribution >= 0.6 is 12.4 Å². The normalized spacial score (nSPS) is 9.78. The standard InChI is InChI=1S/C11H14N4O2.ClH/c12-11-14-7-8(15-11)3-1-5-13-10(16)9-4-2-6-17-9;/h2,4,6-7H,1,3,5H2,(H,13,16)(H3,12,14,15);1H. The maximum absolute atomic E-state index is 11.5. The first-order valence-electron chi connectivity index (χ1n) is 5.37. The van der Waals surface area contributed by atoms with Gasteiger partial charge in [-0.3, -0.25) is 4.79 Å². The van der Waals surface area contributed by atoms with Crippen molar-refractivity contribution in [3.05, 3.63) is 36.0 Å². The van der Waals surface area contributed by atoms with Gasteiger partial charge >= 0.3 is 0 Å². The van der Waals surface area contributed by atoms with Crippen LogP contribution in [0.5, 0.6) is 0 Å². The number of nitrogens with zero attached hydrogens (tertiary/aromatic N) is 1. The van der Waals surface area contributed by atoms with Gasteiger partial charge in [0.05, 0.1) is 12.5 Å². The summed E-state index contributed by atoms with van der Waals surface area (Å²) >= 11 is 0. The number of rotatable bonds is 5. The summed E-state index contributed by atoms with van der Waals surface area (Å²) in [5.74, 6) is 0.550. The van der Waals surface area contributed by atoms with E-state index < -0.39 is 0 Å². The molecule has 0 spiro atoms. The van der Waals surface area contributed by atoms with Crippen molar-refractivity contribution in [2.45, 2.75) is 12.8 Å². The van der Waals surface area contributed by atoms with Gasteiger partial charge in [-0.15, -0.1) is 12.4 Å². The van der Waals surface area contributed by atoms with E-state index in [-0.39, 0.29) is 18.3 Å². The van der Waals surface area contributed by atoms with Crippen LogP contribution in [0.2, 0.25) is 0 Å². The number of hydrogen-bond donors (Lipinski definition) is 3. The number of carbonyl (C=O) groups excluding carboxylic acids is 1. The van der Waals surface area contributed by atoms with Crippen LogP contribution in [0.4, 0.5) is 5.95 Å². The number of amides is 1. The molecule has 2 aromatic heterocycles. The van der Waals surface area contributed by atoms with Crippen molar-refractivity contribution in [2.75, 3.05) is 12.3 Å². The van der Waals surface area contributed by atoms with Crippen molar-refractivity contribution in [3.63, 3.8) is 0 Å². The van der Waals surface area contributed by atoms with Crippen LogP contribution in [-0.4, -0.2) is 22.4 Å². The van der Waals surface area contributed by atoms with E-state index in [0.29, 0.717) is 18.3 Å². The topological polar surface area (TPSA) is 96.9 Å². The van der Waals surface area contributed by atoms with Crippen molar-refractivity contribution < 1.29 is 9.21 Å². The van der Waals surface area contributed by atoms with Crippen molar-refractivity contribution in [1.82, 2.24) is 15.3 Å². The Morgan fingerprint density at radius 3 is 3.00 bits per heavy atom. The molecular weight excluding hydrogens is 256 g/mol. The largest absolute Gasteiger partial charge is 0.459 e. The van der Waals surface area contributed by atoms with Gasteiger partial charge in [-0.2, -0.15) is 0 Å². The molecule has 0 saturated heterocycles. The quantitative estimate of drug-likeness (QED) is 0.715. The Labute approximate surface area is 110 Å². The first-order valence-corrected chi connectivity index (χ1v) is 5.37. The smallest absolute Gasteiger partial charge is 0.286 e. The Kier molecular flexibility index (Phi) is 5.26. The Morgan fingerprint density at radius 1 is 1.56 bits per heavy atom. The van der Waals surface area contributed by atoms with Gasteiger partial charge in [-0.1, -0.05) is 0 Å². The van der Waals surface area contributed by atoms with Gasteiger partial charge in [0.2, 0.25) is 0 Å². The molecule has 0 aliphatic rings. The molecule has 2 aromatic rings. The van der Waals surface area contributed by atoms with E-state index in [1.54, 1.807) is 18.3 Å². The van der Waals surface area contributed by atoms with E-state index in [4.69, 9.17) is 10.2 Å². The van der Waals surface area contributed by atoms with Crippen LogP contribution in [-0.2, 0) is 6.42 Å². The molecule has 0 unspecified atom stereocenters. The number of aromatic nitrogens is 2. The van der Waals surface area contributed by atoms with Crippen LogP contribution < -0.4 is 11.1 Å². The van der Waals surface area contributed by atoms with Crippen molar-refractivity contribution in [3.8, 4) is 0 Å². The van der Waals surface area contributed by atoms with Crippen LogP contribution in [0.3, 0.4) is 0 Å². The molecule has 0 aromatic carbocycles. The number of hydrogen-bond acceptors (Lipinski definition) is 4. The summed E-state index contributed by atoms with van der Waals surface area (Å²) in [6, 6.07) is 3.31. The number of nitrogens with two attached hydrogens (primary N) is 1. The van der Waals surface area contributed by atoms with Gasteiger partial charge < -0.3 is 20.5 Å². The van der Waals surface area contributed by atoms with Crippen molar-refractivity contribution >= 4 is 24.3 Å². The number of halogens is 1. The number of aryl methyl sites for hydroxylation is 1. The van der Waals surface area contributed by atoms with Gasteiger partial charge in [0.25, 0.3) is 5.91 Å². The third-order valence-corrected chi connectivity index (χ3v) is 2.30. The molecule has 1 amide bonds. The highest BCUT2D eigenvalue weighted by molar-refractivity contribution is 5.91. The molecule has 0 aliphatic heterocycles. The summed E-state index contributed by atoms with van der Waals surface area (Å²) in [7, 11) is 0. The minimum absolute atomic E-state index is 0. The van der Waals surface area contributed by atoms with Gasteiger partial charge in [0.15, 0.2) is 11.7 Å². The summed E-state index contributed by atoms with van der Waals surface area (Å²) in [5.41, 5.74) is 6.41. The Hall–Kier alpha value is -1.95. The van der Waals surface area contributed by atoms with E-state index in [1.165, 1.54) is 6.26 Å². The second-order valence-corrected chi connectivity index (χ2v) is 3.63. The number of aromatic amines is 1. The number of nitrogens with one attached hydrogen (secondary N) is 2. The molecule has 0 saturated carbocycles. The minimum atomic E-state index is -0.195. The number of nitrogen functional groups attached to an aromatic ring is 1. The molecule has 0 atom stereocenters. The van der Waals surface area contributed by atoms with E-state index in [0.717, 1.165) is 18.5 Å². The Balaban J connectivity index is 0.00000162. The monoisotopic (exact) mass is 270 g/mol. The molecule has 2 heterocycles. The Bertz CT molecular complexity index is 481. The van der Waals surface area contributed by atoms with Gasteiger partial charge in [-0.05, 0) is 25.0 Å². The summed E-state index contributed by atoms with van der Waals surface area (Å²) in [4.78, 5) is 18.3. The molecule has 98 valence electrons. The van der Waals surface area contributed by atoms with Gasteiger partial charge in [0.1, 0.15) is 0 Å². The summed E-state index contributed by atoms with van der Waals surface area (Å²) < 4.78 is 4.97. The molecule has 0 aliphatic carbocycles. The molecule has 2 rings (SSSR count). The van der Waals surface area contributed by atoms with E-state index in [2.05, 4.69) is 15.3 Å². The molecule has 6 nitrogen and oxygen atoms in total. The van der Waals surface area contributed by atoms with Crippen LogP contribution in [0.1, 0.15) is 22.7 Å². The van der Waals surface area contributed by atoms with Crippen LogP contribution in [0.25, 0.3) is 0 Å². The van der Waals surface area contributed by atoms with E-state index >= 15 is 0 Å². The lowest BCUT2D eigenvalue weighted by Gasteiger charge is -2.01. The highest BCUT2D eigenvalue weighted by atomic mass is 35.5. The molecule has 0 radical (unpaired) electrons. The zero-order valence-electron chi connectivity index (χ0n) is 9.68. The summed E-state index contributed by atoms with van der Waals surface area (Å²) in [5, 5.41) is 2.76. The zero-order valence-corrected chi connectivity index (χ0v) is 10.5. The first kappa shape index (κ1) is 14.1. The molecular formula is C11H15ClN4O2. The fourth-order valence-corrected chi connectivity index (χ4v) is 1.48. The SMILES string of the molecule is Cl.Nc1ncc(CCCNC(=O)c2ccco2)[nH]1. The number of H-pyrrole nitrogens is 1. The highest BCUT2D eigenvalue weighted by Gasteiger charge is 2.06. The molecule has 0 fully saturated rings. The third-order valence-electron chi connectivity index (χ3n) is 2.30. The molecule has 4 N–H and O–H groups in total. The van der Waals surface area contributed by atoms with Gasteiger partial charge in [-0.25, -0.2) is 4.98 Å². The first-order chi connectivity index (χ1) is 8.25. The van der Waals surface area contributed by atoms with Crippen LogP contribution in [0.15, 0.2) is 29.0 Å². The van der Waals surface area contributed by atoms with Crippen LogP contribution in [0, 0.1) is 0 Å². The second-order valence-electron chi connectivity index (χ2n) is 3.63. The number of anilines is 1. The lowest BCUT2D eigenvalue weighted by Crippen LogP contribution is -2.24. The Morgan fingerprint density at radius 2 is 2.39 bits per heavy atom. The average Bonchev–Trinajstić information content (AvgIpc) is 2.95. The average molecular weight is 271 g/mol. The summed E-state index contributed by atoms with van der Waals surface area (Å²) in [6.07, 6.45) is 4.78. The predicted octanol–water partition coefficient (Wildman–Crippen LogP) is 1.37. The van der Waals surface area contributed by atoms with E-state index in [1.807, 2.05) is 0 Å². The van der Waals surface area contributed by atoms with Crippen molar-refractivity contribution in [2.24, 2.45) is 0 Å². The van der Waals surface area contributed by atoms with Gasteiger partial charge in [0, 0.05) is 12.2 Å². The second kappa shape index (κ2) is 6.70. The number of imidazole rings is 1. The number of carbonyl (C=O) groups is 1. The number of furan rings is 1. The zero-order chi connectivity index (χ0) is 12.1. The summed E-state index contributed by atoms with van der Waals surface area (Å²) in [6.45, 7) is 0.582.